The molecule has 5 heteroatoms. The molecule has 0 aliphatic carbocycles. The summed E-state index contributed by atoms with van der Waals surface area (Å²) in [5.74, 6) is -1.41. The van der Waals surface area contributed by atoms with Crippen LogP contribution in [0.3, 0.4) is 0 Å². The van der Waals surface area contributed by atoms with Crippen LogP contribution < -0.4 is 0 Å². The Balaban J connectivity index is 2.37. The molecule has 0 unspecified atom stereocenters. The third kappa shape index (κ3) is 2.13. The number of nitrogens with zero attached hydrogens (tertiary/aromatic N) is 2. The van der Waals surface area contributed by atoms with Crippen LogP contribution in [0.25, 0.3) is 0 Å². The molecule has 1 aliphatic rings. The molecule has 2 rings (SSSR count). The van der Waals surface area contributed by atoms with Gasteiger partial charge < -0.3 is 10.0 Å². The molecule has 2 atom stereocenters. The quantitative estimate of drug-likeness (QED) is 0.831. The van der Waals surface area contributed by atoms with E-state index in [2.05, 4.69) is 4.98 Å². The number of aliphatic carboxylic acids is 1. The summed E-state index contributed by atoms with van der Waals surface area (Å²) in [6, 6.07) is 3.13. The number of likely N-dealkylation sites (tertiary alicyclic amines) is 1. The standard InChI is InChI=1S/C12H14N2O3/c1-14-10(15)3-2-9(12(16)17)11(14)8-4-6-13-7-5-8/h4-7,9,11H,2-3H2,1H3,(H,16,17)/t9-,11-/m0/s1. The van der Waals surface area contributed by atoms with Crippen molar-refractivity contribution in [3.63, 3.8) is 0 Å². The number of piperidine rings is 1. The molecule has 0 aromatic carbocycles. The minimum atomic E-state index is -0.855. The van der Waals surface area contributed by atoms with E-state index < -0.39 is 17.9 Å². The maximum atomic E-state index is 11.7. The largest absolute Gasteiger partial charge is 0.481 e. The van der Waals surface area contributed by atoms with Crippen LogP contribution in [0.1, 0.15) is 24.4 Å². The highest BCUT2D eigenvalue weighted by Crippen LogP contribution is 2.35. The molecule has 1 amide bonds. The topological polar surface area (TPSA) is 70.5 Å². The second-order valence-electron chi connectivity index (χ2n) is 4.21. The van der Waals surface area contributed by atoms with Crippen molar-refractivity contribution in [1.29, 1.82) is 0 Å². The molecule has 2 heterocycles. The van der Waals surface area contributed by atoms with Crippen LogP contribution in [0.15, 0.2) is 24.5 Å². The minimum absolute atomic E-state index is 0.00990. The molecule has 1 fully saturated rings. The van der Waals surface area contributed by atoms with Crippen LogP contribution in [-0.4, -0.2) is 33.9 Å². The molecule has 0 bridgehead atoms. The van der Waals surface area contributed by atoms with Gasteiger partial charge in [0.1, 0.15) is 0 Å². The van der Waals surface area contributed by atoms with Gasteiger partial charge in [-0.25, -0.2) is 0 Å². The molecule has 90 valence electrons. The summed E-state index contributed by atoms with van der Waals surface area (Å²) in [5.41, 5.74) is 0.822. The summed E-state index contributed by atoms with van der Waals surface area (Å²) in [6.45, 7) is 0. The highest BCUT2D eigenvalue weighted by Gasteiger charge is 2.38. The van der Waals surface area contributed by atoms with E-state index in [1.54, 1.807) is 31.6 Å². The molecule has 1 aromatic heterocycles. The summed E-state index contributed by atoms with van der Waals surface area (Å²) < 4.78 is 0. The zero-order chi connectivity index (χ0) is 12.4. The van der Waals surface area contributed by atoms with Crippen LogP contribution in [0.2, 0.25) is 0 Å². The van der Waals surface area contributed by atoms with Crippen molar-refractivity contribution in [1.82, 2.24) is 9.88 Å². The molecule has 1 saturated heterocycles. The lowest BCUT2D eigenvalue weighted by molar-refractivity contribution is -0.150. The van der Waals surface area contributed by atoms with Gasteiger partial charge in [-0.1, -0.05) is 0 Å². The summed E-state index contributed by atoms with van der Waals surface area (Å²) in [5, 5.41) is 9.22. The van der Waals surface area contributed by atoms with Crippen LogP contribution in [0.5, 0.6) is 0 Å². The monoisotopic (exact) mass is 234 g/mol. The van der Waals surface area contributed by atoms with Gasteiger partial charge in [-0.05, 0) is 24.1 Å². The Morgan fingerprint density at radius 2 is 2.12 bits per heavy atom. The smallest absolute Gasteiger partial charge is 0.308 e. The molecule has 0 radical (unpaired) electrons. The number of pyridine rings is 1. The Kier molecular flexibility index (Phi) is 3.08. The lowest BCUT2D eigenvalue weighted by Gasteiger charge is -2.37. The molecular formula is C12H14N2O3. The molecule has 5 nitrogen and oxygen atoms in total. The number of carboxylic acid groups (broad SMARTS) is 1. The summed E-state index contributed by atoms with van der Waals surface area (Å²) in [4.78, 5) is 28.3. The number of aromatic nitrogens is 1. The van der Waals surface area contributed by atoms with Gasteiger partial charge in [0.25, 0.3) is 0 Å². The molecule has 0 spiro atoms. The predicted octanol–water partition coefficient (Wildman–Crippen LogP) is 1.08. The fourth-order valence-electron chi connectivity index (χ4n) is 2.31. The van der Waals surface area contributed by atoms with Gasteiger partial charge in [0, 0.05) is 25.9 Å². The third-order valence-electron chi connectivity index (χ3n) is 3.23. The number of hydrogen-bond acceptors (Lipinski definition) is 3. The van der Waals surface area contributed by atoms with Crippen molar-refractivity contribution < 1.29 is 14.7 Å². The highest BCUT2D eigenvalue weighted by molar-refractivity contribution is 5.81. The maximum absolute atomic E-state index is 11.7. The van der Waals surface area contributed by atoms with Gasteiger partial charge in [-0.3, -0.25) is 14.6 Å². The lowest BCUT2D eigenvalue weighted by atomic mass is 9.85. The zero-order valence-corrected chi connectivity index (χ0v) is 9.54. The van der Waals surface area contributed by atoms with Crippen molar-refractivity contribution in [3.05, 3.63) is 30.1 Å². The summed E-state index contributed by atoms with van der Waals surface area (Å²) in [6.07, 6.45) is 3.92. The normalized spacial score (nSPS) is 24.8. The minimum Gasteiger partial charge on any atom is -0.481 e. The lowest BCUT2D eigenvalue weighted by Crippen LogP contribution is -2.42. The molecular weight excluding hydrogens is 220 g/mol. The number of carbonyl (C=O) groups excluding carboxylic acids is 1. The molecule has 1 aliphatic heterocycles. The van der Waals surface area contributed by atoms with E-state index in [-0.39, 0.29) is 5.91 Å². The van der Waals surface area contributed by atoms with Crippen molar-refractivity contribution in [2.24, 2.45) is 5.92 Å². The number of hydrogen-bond donors (Lipinski definition) is 1. The molecule has 0 saturated carbocycles. The first kappa shape index (κ1) is 11.6. The Labute approximate surface area is 99.1 Å². The van der Waals surface area contributed by atoms with Crippen molar-refractivity contribution in [2.75, 3.05) is 7.05 Å². The van der Waals surface area contributed by atoms with Crippen LogP contribution >= 0.6 is 0 Å². The van der Waals surface area contributed by atoms with Crippen molar-refractivity contribution >= 4 is 11.9 Å². The second-order valence-corrected chi connectivity index (χ2v) is 4.21. The Morgan fingerprint density at radius 1 is 1.47 bits per heavy atom. The fraction of sp³-hybridized carbons (Fsp3) is 0.417. The van der Waals surface area contributed by atoms with E-state index in [1.807, 2.05) is 0 Å². The highest BCUT2D eigenvalue weighted by atomic mass is 16.4. The Morgan fingerprint density at radius 3 is 2.71 bits per heavy atom. The van der Waals surface area contributed by atoms with Crippen LogP contribution in [0, 0.1) is 5.92 Å². The second kappa shape index (κ2) is 4.53. The molecule has 17 heavy (non-hydrogen) atoms. The third-order valence-corrected chi connectivity index (χ3v) is 3.23. The molecule has 1 aromatic rings. The number of carbonyl (C=O) groups is 2. The zero-order valence-electron chi connectivity index (χ0n) is 9.54. The van der Waals surface area contributed by atoms with E-state index in [9.17, 15) is 14.7 Å². The van der Waals surface area contributed by atoms with Gasteiger partial charge >= 0.3 is 5.97 Å². The van der Waals surface area contributed by atoms with E-state index in [0.29, 0.717) is 12.8 Å². The first-order chi connectivity index (χ1) is 8.11. The van der Waals surface area contributed by atoms with Gasteiger partial charge in [0.15, 0.2) is 0 Å². The fourth-order valence-corrected chi connectivity index (χ4v) is 2.31. The SMILES string of the molecule is CN1C(=O)CC[C@H](C(=O)O)[C@@H]1c1ccncc1. The van der Waals surface area contributed by atoms with Crippen LogP contribution in [-0.2, 0) is 9.59 Å². The van der Waals surface area contributed by atoms with Gasteiger partial charge in [-0.2, -0.15) is 0 Å². The molecule has 1 N–H and O–H groups in total. The first-order valence-electron chi connectivity index (χ1n) is 5.49. The van der Waals surface area contributed by atoms with Gasteiger partial charge in [0.05, 0.1) is 12.0 Å². The maximum Gasteiger partial charge on any atom is 0.308 e. The number of rotatable bonds is 2. The summed E-state index contributed by atoms with van der Waals surface area (Å²) in [7, 11) is 1.66. The van der Waals surface area contributed by atoms with Gasteiger partial charge in [0.2, 0.25) is 5.91 Å². The first-order valence-corrected chi connectivity index (χ1v) is 5.49. The van der Waals surface area contributed by atoms with Gasteiger partial charge in [-0.15, -0.1) is 0 Å². The van der Waals surface area contributed by atoms with E-state index in [0.717, 1.165) is 5.56 Å². The number of carboxylic acids is 1. The van der Waals surface area contributed by atoms with Crippen molar-refractivity contribution in [3.8, 4) is 0 Å². The van der Waals surface area contributed by atoms with E-state index in [1.165, 1.54) is 4.90 Å². The van der Waals surface area contributed by atoms with E-state index in [4.69, 9.17) is 0 Å². The van der Waals surface area contributed by atoms with Crippen molar-refractivity contribution in [2.45, 2.75) is 18.9 Å². The number of amides is 1. The van der Waals surface area contributed by atoms with Crippen LogP contribution in [0.4, 0.5) is 0 Å². The predicted molar refractivity (Wildman–Crippen MR) is 60.1 cm³/mol. The average Bonchev–Trinajstić information content (AvgIpc) is 2.33. The Bertz CT molecular complexity index is 433. The Hall–Kier alpha value is -1.91. The van der Waals surface area contributed by atoms with E-state index >= 15 is 0 Å². The average molecular weight is 234 g/mol. The summed E-state index contributed by atoms with van der Waals surface area (Å²) >= 11 is 0.